The summed E-state index contributed by atoms with van der Waals surface area (Å²) in [5.74, 6) is 1.70. The normalized spacial score (nSPS) is 15.2. The average molecular weight is 500 g/mol. The summed E-state index contributed by atoms with van der Waals surface area (Å²) in [6.45, 7) is 4.21. The zero-order valence-electron chi connectivity index (χ0n) is 16.6. The first-order valence-corrected chi connectivity index (χ1v) is 9.41. The fraction of sp³-hybridized carbons (Fsp3) is 0.526. The lowest BCUT2D eigenvalue weighted by atomic mass is 10.1. The van der Waals surface area contributed by atoms with Gasteiger partial charge >= 0.3 is 6.09 Å². The first kappa shape index (κ1) is 22.3. The predicted octanol–water partition coefficient (Wildman–Crippen LogP) is 2.48. The smallest absolute Gasteiger partial charge is 0.409 e. The van der Waals surface area contributed by atoms with Crippen molar-refractivity contribution in [2.24, 2.45) is 12.0 Å². The number of likely N-dealkylation sites (tertiary alicyclic amines) is 1. The van der Waals surface area contributed by atoms with Crippen LogP contribution in [0, 0.1) is 0 Å². The maximum Gasteiger partial charge on any atom is 0.409 e. The van der Waals surface area contributed by atoms with Crippen LogP contribution in [-0.2, 0) is 18.3 Å². The van der Waals surface area contributed by atoms with Gasteiger partial charge in [-0.25, -0.2) is 9.78 Å². The van der Waals surface area contributed by atoms with Crippen molar-refractivity contribution in [3.05, 3.63) is 30.1 Å². The molecule has 2 aromatic rings. The van der Waals surface area contributed by atoms with E-state index in [9.17, 15) is 4.79 Å². The fourth-order valence-electron chi connectivity index (χ4n) is 3.33. The Morgan fingerprint density at radius 3 is 2.68 bits per heavy atom. The number of nitrogens with one attached hydrogen (secondary N) is 2. The van der Waals surface area contributed by atoms with Crippen LogP contribution in [0.3, 0.4) is 0 Å². The lowest BCUT2D eigenvalue weighted by Gasteiger charge is -2.32. The summed E-state index contributed by atoms with van der Waals surface area (Å²) in [6, 6.07) is 8.38. The molecule has 1 aromatic heterocycles. The number of hydrogen-bond acceptors (Lipinski definition) is 4. The van der Waals surface area contributed by atoms with Crippen molar-refractivity contribution < 1.29 is 9.53 Å². The van der Waals surface area contributed by atoms with Crippen LogP contribution in [0.4, 0.5) is 4.79 Å². The fourth-order valence-corrected chi connectivity index (χ4v) is 3.33. The highest BCUT2D eigenvalue weighted by molar-refractivity contribution is 14.0. The van der Waals surface area contributed by atoms with E-state index in [1.54, 1.807) is 11.9 Å². The largest absolute Gasteiger partial charge is 0.450 e. The number of imidazole rings is 1. The molecule has 0 bridgehead atoms. The molecule has 9 heteroatoms. The summed E-state index contributed by atoms with van der Waals surface area (Å²) in [4.78, 5) is 22.5. The second-order valence-electron chi connectivity index (χ2n) is 6.61. The van der Waals surface area contributed by atoms with Crippen molar-refractivity contribution in [1.82, 2.24) is 25.1 Å². The summed E-state index contributed by atoms with van der Waals surface area (Å²) in [6.07, 6.45) is 1.51. The number of ether oxygens (including phenoxy) is 1. The number of aromatic nitrogens is 2. The maximum atomic E-state index is 11.8. The first-order chi connectivity index (χ1) is 13.1. The number of halogens is 1. The van der Waals surface area contributed by atoms with Crippen LogP contribution in [-0.4, -0.2) is 59.3 Å². The Hall–Kier alpha value is -2.04. The zero-order chi connectivity index (χ0) is 19.2. The van der Waals surface area contributed by atoms with Gasteiger partial charge in [0.05, 0.1) is 24.2 Å². The van der Waals surface area contributed by atoms with Gasteiger partial charge in [0.15, 0.2) is 5.96 Å². The molecule has 2 heterocycles. The van der Waals surface area contributed by atoms with Crippen LogP contribution in [0.25, 0.3) is 11.0 Å². The second-order valence-corrected chi connectivity index (χ2v) is 6.61. The number of para-hydroxylation sites is 2. The topological polar surface area (TPSA) is 83.8 Å². The second kappa shape index (κ2) is 10.5. The van der Waals surface area contributed by atoms with Crippen LogP contribution in [0.1, 0.15) is 25.6 Å². The number of rotatable bonds is 4. The van der Waals surface area contributed by atoms with Gasteiger partial charge in [-0.3, -0.25) is 4.99 Å². The van der Waals surface area contributed by atoms with Crippen LogP contribution in [0.2, 0.25) is 0 Å². The minimum absolute atomic E-state index is 0. The van der Waals surface area contributed by atoms with E-state index in [0.29, 0.717) is 26.2 Å². The van der Waals surface area contributed by atoms with Gasteiger partial charge in [-0.1, -0.05) is 12.1 Å². The number of amides is 1. The highest BCUT2D eigenvalue weighted by Crippen LogP contribution is 2.14. The third-order valence-corrected chi connectivity index (χ3v) is 4.88. The molecule has 1 amide bonds. The van der Waals surface area contributed by atoms with E-state index < -0.39 is 0 Å². The van der Waals surface area contributed by atoms with Gasteiger partial charge in [-0.05, 0) is 31.9 Å². The van der Waals surface area contributed by atoms with Gasteiger partial charge in [0, 0.05) is 33.2 Å². The Kier molecular flexibility index (Phi) is 8.34. The molecule has 1 fully saturated rings. The number of fused-ring (bicyclic) bond motifs is 1. The molecule has 0 saturated carbocycles. The molecule has 1 saturated heterocycles. The van der Waals surface area contributed by atoms with Gasteiger partial charge in [-0.15, -0.1) is 24.0 Å². The molecular weight excluding hydrogens is 471 g/mol. The lowest BCUT2D eigenvalue weighted by molar-refractivity contribution is 0.0963. The molecule has 0 aliphatic carbocycles. The number of nitrogens with zero attached hydrogens (tertiary/aromatic N) is 4. The molecule has 3 rings (SSSR count). The molecule has 1 aliphatic heterocycles. The van der Waals surface area contributed by atoms with Crippen molar-refractivity contribution in [3.63, 3.8) is 0 Å². The maximum absolute atomic E-state index is 11.8. The highest BCUT2D eigenvalue weighted by atomic mass is 127. The Morgan fingerprint density at radius 2 is 2.04 bits per heavy atom. The standard InChI is InChI=1S/C19H28N6O2.HI/c1-4-27-19(26)25-11-9-14(10-12-25)22-18(20-2)21-13-17-23-15-7-5-6-8-16(15)24(17)3;/h5-8,14H,4,9-13H2,1-3H3,(H2,20,21,22);1H. The molecule has 0 unspecified atom stereocenters. The average Bonchev–Trinajstić information content (AvgIpc) is 3.02. The van der Waals surface area contributed by atoms with Crippen LogP contribution in [0.15, 0.2) is 29.3 Å². The zero-order valence-corrected chi connectivity index (χ0v) is 19.0. The number of guanidine groups is 1. The van der Waals surface area contributed by atoms with Crippen molar-refractivity contribution in [2.75, 3.05) is 26.7 Å². The third-order valence-electron chi connectivity index (χ3n) is 4.88. The van der Waals surface area contributed by atoms with E-state index >= 15 is 0 Å². The number of aliphatic imine (C=N–C) groups is 1. The summed E-state index contributed by atoms with van der Waals surface area (Å²) in [7, 11) is 3.78. The van der Waals surface area contributed by atoms with Crippen LogP contribution in [0.5, 0.6) is 0 Å². The Bertz CT molecular complexity index is 814. The van der Waals surface area contributed by atoms with E-state index in [1.807, 2.05) is 32.2 Å². The molecule has 0 radical (unpaired) electrons. The van der Waals surface area contributed by atoms with E-state index in [1.165, 1.54) is 0 Å². The van der Waals surface area contributed by atoms with Crippen molar-refractivity contribution in [2.45, 2.75) is 32.4 Å². The molecule has 2 N–H and O–H groups in total. The van der Waals surface area contributed by atoms with Gasteiger partial charge in [0.1, 0.15) is 5.82 Å². The predicted molar refractivity (Wildman–Crippen MR) is 121 cm³/mol. The Balaban J connectivity index is 0.00000280. The third kappa shape index (κ3) is 5.27. The minimum Gasteiger partial charge on any atom is -0.450 e. The molecule has 0 atom stereocenters. The summed E-state index contributed by atoms with van der Waals surface area (Å²) >= 11 is 0. The van der Waals surface area contributed by atoms with Gasteiger partial charge < -0.3 is 24.8 Å². The van der Waals surface area contributed by atoms with Crippen molar-refractivity contribution in [3.8, 4) is 0 Å². The summed E-state index contributed by atoms with van der Waals surface area (Å²) < 4.78 is 7.15. The van der Waals surface area contributed by atoms with E-state index in [4.69, 9.17) is 4.74 Å². The number of hydrogen-bond donors (Lipinski definition) is 2. The molecule has 0 spiro atoms. The monoisotopic (exact) mass is 500 g/mol. The van der Waals surface area contributed by atoms with Crippen LogP contribution >= 0.6 is 24.0 Å². The number of carbonyl (C=O) groups is 1. The Labute approximate surface area is 182 Å². The molecular formula is C19H29IN6O2. The quantitative estimate of drug-likeness (QED) is 0.383. The van der Waals surface area contributed by atoms with Crippen molar-refractivity contribution in [1.29, 1.82) is 0 Å². The number of benzene rings is 1. The highest BCUT2D eigenvalue weighted by Gasteiger charge is 2.24. The van der Waals surface area contributed by atoms with Gasteiger partial charge in [0.25, 0.3) is 0 Å². The number of aryl methyl sites for hydroxylation is 1. The van der Waals surface area contributed by atoms with E-state index in [-0.39, 0.29) is 36.1 Å². The number of carbonyl (C=O) groups excluding carboxylic acids is 1. The molecule has 1 aliphatic rings. The van der Waals surface area contributed by atoms with Crippen LogP contribution < -0.4 is 10.6 Å². The molecule has 1 aromatic carbocycles. The number of piperidine rings is 1. The SMILES string of the molecule is CCOC(=O)N1CCC(NC(=NC)NCc2nc3ccccc3n2C)CC1.I. The summed E-state index contributed by atoms with van der Waals surface area (Å²) in [5.41, 5.74) is 2.11. The molecule has 154 valence electrons. The van der Waals surface area contributed by atoms with E-state index in [2.05, 4.69) is 31.2 Å². The van der Waals surface area contributed by atoms with Crippen molar-refractivity contribution >= 4 is 47.1 Å². The van der Waals surface area contributed by atoms with Gasteiger partial charge in [0.2, 0.25) is 0 Å². The Morgan fingerprint density at radius 1 is 1.32 bits per heavy atom. The molecule has 8 nitrogen and oxygen atoms in total. The summed E-state index contributed by atoms with van der Waals surface area (Å²) in [5, 5.41) is 6.78. The van der Waals surface area contributed by atoms with E-state index in [0.717, 1.165) is 35.7 Å². The first-order valence-electron chi connectivity index (χ1n) is 9.41. The van der Waals surface area contributed by atoms with Gasteiger partial charge in [-0.2, -0.15) is 0 Å². The lowest BCUT2D eigenvalue weighted by Crippen LogP contribution is -2.49. The minimum atomic E-state index is -0.222. The molecule has 28 heavy (non-hydrogen) atoms.